The van der Waals surface area contributed by atoms with Gasteiger partial charge in [-0.15, -0.1) is 0 Å². The molecular formula is C22H26N2O6. The van der Waals surface area contributed by atoms with E-state index in [2.05, 4.69) is 18.7 Å². The molecule has 0 aliphatic carbocycles. The molecule has 1 saturated heterocycles. The van der Waals surface area contributed by atoms with Crippen molar-refractivity contribution in [3.63, 3.8) is 0 Å². The van der Waals surface area contributed by atoms with Gasteiger partial charge < -0.3 is 14.2 Å². The van der Waals surface area contributed by atoms with Crippen molar-refractivity contribution < 1.29 is 23.9 Å². The zero-order valence-electron chi connectivity index (χ0n) is 17.4. The summed E-state index contributed by atoms with van der Waals surface area (Å²) >= 11 is 0. The number of nitro groups is 1. The standard InChI is InChI=1S/C22H26N2O6/c1-15-11-23(12-16(2)30-15)13-17-4-6-18(7-5-17)22(25)29-14-19-10-20(24(26)27)8-9-21(19)28-3/h4-10,15-16H,11-14H2,1-3H3. The van der Waals surface area contributed by atoms with Crippen molar-refractivity contribution in [3.8, 4) is 5.75 Å². The molecule has 2 aromatic carbocycles. The number of ether oxygens (including phenoxy) is 3. The van der Waals surface area contributed by atoms with Gasteiger partial charge in [-0.1, -0.05) is 12.1 Å². The predicted octanol–water partition coefficient (Wildman–Crippen LogP) is 3.57. The third-order valence-corrected chi connectivity index (χ3v) is 4.92. The molecule has 0 N–H and O–H groups in total. The molecule has 8 heteroatoms. The SMILES string of the molecule is COc1ccc([N+](=O)[O-])cc1COC(=O)c1ccc(CN2CC(C)OC(C)C2)cc1. The number of non-ortho nitro benzene ring substituents is 1. The fraction of sp³-hybridized carbons (Fsp3) is 0.409. The number of hydrogen-bond acceptors (Lipinski definition) is 7. The molecule has 160 valence electrons. The van der Waals surface area contributed by atoms with E-state index in [0.717, 1.165) is 25.2 Å². The van der Waals surface area contributed by atoms with E-state index in [1.807, 2.05) is 12.1 Å². The lowest BCUT2D eigenvalue weighted by Gasteiger charge is -2.35. The Morgan fingerprint density at radius 2 is 1.83 bits per heavy atom. The predicted molar refractivity (Wildman–Crippen MR) is 110 cm³/mol. The number of hydrogen-bond donors (Lipinski definition) is 0. The van der Waals surface area contributed by atoms with Crippen LogP contribution in [0.25, 0.3) is 0 Å². The quantitative estimate of drug-likeness (QED) is 0.389. The molecule has 1 aliphatic heterocycles. The molecule has 2 aromatic rings. The fourth-order valence-electron chi connectivity index (χ4n) is 3.64. The summed E-state index contributed by atoms with van der Waals surface area (Å²) in [5, 5.41) is 11.0. The molecule has 0 amide bonds. The van der Waals surface area contributed by atoms with Gasteiger partial charge in [0.15, 0.2) is 0 Å². The molecule has 3 rings (SSSR count). The minimum atomic E-state index is -0.501. The molecule has 1 fully saturated rings. The number of methoxy groups -OCH3 is 1. The lowest BCUT2D eigenvalue weighted by atomic mass is 10.1. The zero-order valence-corrected chi connectivity index (χ0v) is 17.4. The second-order valence-electron chi connectivity index (χ2n) is 7.48. The Morgan fingerprint density at radius 3 is 2.43 bits per heavy atom. The number of carbonyl (C=O) groups is 1. The summed E-state index contributed by atoms with van der Waals surface area (Å²) in [4.78, 5) is 25.2. The molecule has 0 saturated carbocycles. The number of carbonyl (C=O) groups excluding carboxylic acids is 1. The Hall–Kier alpha value is -2.97. The summed E-state index contributed by atoms with van der Waals surface area (Å²) in [5.74, 6) is -0.0681. The van der Waals surface area contributed by atoms with E-state index in [9.17, 15) is 14.9 Å². The summed E-state index contributed by atoms with van der Waals surface area (Å²) in [6, 6.07) is 11.5. The highest BCUT2D eigenvalue weighted by atomic mass is 16.6. The average molecular weight is 414 g/mol. The monoisotopic (exact) mass is 414 g/mol. The third kappa shape index (κ3) is 5.55. The Labute approximate surface area is 175 Å². The molecule has 8 nitrogen and oxygen atoms in total. The molecule has 1 aliphatic rings. The first-order valence-corrected chi connectivity index (χ1v) is 9.81. The van der Waals surface area contributed by atoms with Gasteiger partial charge in [-0.2, -0.15) is 0 Å². The lowest BCUT2D eigenvalue weighted by molar-refractivity contribution is -0.385. The Balaban J connectivity index is 1.60. The normalized spacial score (nSPS) is 19.3. The molecule has 1 heterocycles. The van der Waals surface area contributed by atoms with Crippen molar-refractivity contribution in [2.45, 2.75) is 39.2 Å². The number of morpholine rings is 1. The maximum absolute atomic E-state index is 12.4. The van der Waals surface area contributed by atoms with Crippen LogP contribution >= 0.6 is 0 Å². The first kappa shape index (κ1) is 21.7. The number of esters is 1. The third-order valence-electron chi connectivity index (χ3n) is 4.92. The van der Waals surface area contributed by atoms with Crippen LogP contribution in [-0.4, -0.2) is 48.2 Å². The molecule has 2 unspecified atom stereocenters. The van der Waals surface area contributed by atoms with Crippen molar-refractivity contribution in [1.29, 1.82) is 0 Å². The first-order chi connectivity index (χ1) is 14.4. The van der Waals surface area contributed by atoms with Gasteiger partial charge in [0, 0.05) is 37.3 Å². The number of nitrogens with zero attached hydrogens (tertiary/aromatic N) is 2. The molecule has 0 bridgehead atoms. The smallest absolute Gasteiger partial charge is 0.338 e. The van der Waals surface area contributed by atoms with Gasteiger partial charge in [0.2, 0.25) is 0 Å². The minimum absolute atomic E-state index is 0.0852. The fourth-order valence-corrected chi connectivity index (χ4v) is 3.64. The van der Waals surface area contributed by atoms with Crippen LogP contribution in [0.2, 0.25) is 0 Å². The second-order valence-corrected chi connectivity index (χ2v) is 7.48. The van der Waals surface area contributed by atoms with Crippen molar-refractivity contribution in [1.82, 2.24) is 4.90 Å². The van der Waals surface area contributed by atoms with Crippen LogP contribution in [0.1, 0.15) is 35.3 Å². The summed E-state index contributed by atoms with van der Waals surface area (Å²) < 4.78 is 16.3. The topological polar surface area (TPSA) is 91.1 Å². The summed E-state index contributed by atoms with van der Waals surface area (Å²) in [6.45, 7) is 6.56. The van der Waals surface area contributed by atoms with Gasteiger partial charge in [0.25, 0.3) is 5.69 Å². The van der Waals surface area contributed by atoms with E-state index >= 15 is 0 Å². The van der Waals surface area contributed by atoms with E-state index in [-0.39, 0.29) is 24.5 Å². The lowest BCUT2D eigenvalue weighted by Crippen LogP contribution is -2.44. The maximum Gasteiger partial charge on any atom is 0.338 e. The highest BCUT2D eigenvalue weighted by Gasteiger charge is 2.22. The van der Waals surface area contributed by atoms with Crippen molar-refractivity contribution >= 4 is 11.7 Å². The van der Waals surface area contributed by atoms with Crippen LogP contribution < -0.4 is 4.74 Å². The number of rotatable bonds is 7. The molecule has 30 heavy (non-hydrogen) atoms. The number of benzene rings is 2. The zero-order chi connectivity index (χ0) is 21.7. The maximum atomic E-state index is 12.4. The molecule has 0 spiro atoms. The molecule has 0 radical (unpaired) electrons. The van der Waals surface area contributed by atoms with Crippen LogP contribution in [0.4, 0.5) is 5.69 Å². The van der Waals surface area contributed by atoms with E-state index in [1.165, 1.54) is 25.3 Å². The Bertz CT molecular complexity index is 889. The van der Waals surface area contributed by atoms with Gasteiger partial charge in [0.1, 0.15) is 12.4 Å². The largest absolute Gasteiger partial charge is 0.496 e. The van der Waals surface area contributed by atoms with Gasteiger partial charge in [-0.25, -0.2) is 4.79 Å². The van der Waals surface area contributed by atoms with Gasteiger partial charge in [0.05, 0.1) is 29.8 Å². The van der Waals surface area contributed by atoms with Crippen LogP contribution in [0.15, 0.2) is 42.5 Å². The minimum Gasteiger partial charge on any atom is -0.496 e. The van der Waals surface area contributed by atoms with Gasteiger partial charge >= 0.3 is 5.97 Å². The second kappa shape index (κ2) is 9.69. The summed E-state index contributed by atoms with van der Waals surface area (Å²) in [6.07, 6.45) is 0.405. The van der Waals surface area contributed by atoms with E-state index in [0.29, 0.717) is 16.9 Å². The van der Waals surface area contributed by atoms with E-state index < -0.39 is 10.9 Å². The van der Waals surface area contributed by atoms with E-state index in [4.69, 9.17) is 14.2 Å². The van der Waals surface area contributed by atoms with Gasteiger partial charge in [-0.05, 0) is 37.6 Å². The molecule has 0 aromatic heterocycles. The van der Waals surface area contributed by atoms with Crippen LogP contribution in [-0.2, 0) is 22.6 Å². The average Bonchev–Trinajstić information content (AvgIpc) is 2.71. The van der Waals surface area contributed by atoms with Crippen LogP contribution in [0.5, 0.6) is 5.75 Å². The summed E-state index contributed by atoms with van der Waals surface area (Å²) in [5.41, 5.74) is 1.88. The number of nitro benzene ring substituents is 1. The first-order valence-electron chi connectivity index (χ1n) is 9.81. The molecular weight excluding hydrogens is 388 g/mol. The van der Waals surface area contributed by atoms with Crippen molar-refractivity contribution in [2.24, 2.45) is 0 Å². The highest BCUT2D eigenvalue weighted by Crippen LogP contribution is 2.25. The van der Waals surface area contributed by atoms with E-state index in [1.54, 1.807) is 12.1 Å². The Morgan fingerprint density at radius 1 is 1.17 bits per heavy atom. The van der Waals surface area contributed by atoms with Crippen molar-refractivity contribution in [2.75, 3.05) is 20.2 Å². The highest BCUT2D eigenvalue weighted by molar-refractivity contribution is 5.89. The van der Waals surface area contributed by atoms with Crippen LogP contribution in [0.3, 0.4) is 0 Å². The van der Waals surface area contributed by atoms with Crippen molar-refractivity contribution in [3.05, 3.63) is 69.3 Å². The molecule has 2 atom stereocenters. The Kier molecular flexibility index (Phi) is 7.02. The van der Waals surface area contributed by atoms with Gasteiger partial charge in [-0.3, -0.25) is 15.0 Å². The van der Waals surface area contributed by atoms with Crippen LogP contribution in [0, 0.1) is 10.1 Å². The summed E-state index contributed by atoms with van der Waals surface area (Å²) in [7, 11) is 1.46.